The van der Waals surface area contributed by atoms with E-state index in [-0.39, 0.29) is 0 Å². The lowest BCUT2D eigenvalue weighted by Gasteiger charge is -1.92. The number of hydrogen-bond acceptors (Lipinski definition) is 1. The van der Waals surface area contributed by atoms with Crippen molar-refractivity contribution in [2.45, 2.75) is 6.92 Å². The molecule has 2 heteroatoms. The number of terminal acetylenes is 1. The molecule has 0 aromatic carbocycles. The van der Waals surface area contributed by atoms with Crippen molar-refractivity contribution in [3.05, 3.63) is 35.8 Å². The summed E-state index contributed by atoms with van der Waals surface area (Å²) >= 11 is 0. The summed E-state index contributed by atoms with van der Waals surface area (Å²) < 4.78 is 1.92. The van der Waals surface area contributed by atoms with Crippen LogP contribution in [0.25, 0.3) is 5.65 Å². The lowest BCUT2D eigenvalue weighted by Crippen LogP contribution is -1.81. The van der Waals surface area contributed by atoms with Crippen LogP contribution >= 0.6 is 0 Å². The minimum absolute atomic E-state index is 0.681. The van der Waals surface area contributed by atoms with Gasteiger partial charge in [0.2, 0.25) is 0 Å². The molecule has 2 nitrogen and oxygen atoms in total. The Balaban J connectivity index is 2.77. The van der Waals surface area contributed by atoms with Crippen LogP contribution in [0.15, 0.2) is 24.5 Å². The highest BCUT2D eigenvalue weighted by atomic mass is 15.0. The van der Waals surface area contributed by atoms with E-state index in [4.69, 9.17) is 6.42 Å². The number of pyridine rings is 1. The summed E-state index contributed by atoms with van der Waals surface area (Å²) in [4.78, 5) is 4.22. The number of aromatic nitrogens is 2. The van der Waals surface area contributed by atoms with Crippen LogP contribution in [0.1, 0.15) is 11.3 Å². The molecule has 0 amide bonds. The maximum Gasteiger partial charge on any atom is 0.138 e. The minimum Gasteiger partial charge on any atom is -0.306 e. The summed E-state index contributed by atoms with van der Waals surface area (Å²) in [5.41, 5.74) is 2.78. The smallest absolute Gasteiger partial charge is 0.138 e. The zero-order chi connectivity index (χ0) is 8.55. The second-order valence-corrected chi connectivity index (χ2v) is 2.74. The Labute approximate surface area is 70.9 Å². The largest absolute Gasteiger partial charge is 0.306 e. The maximum atomic E-state index is 5.23. The van der Waals surface area contributed by atoms with Gasteiger partial charge in [-0.3, -0.25) is 0 Å². The zero-order valence-corrected chi connectivity index (χ0v) is 6.78. The van der Waals surface area contributed by atoms with Crippen LogP contribution in [-0.2, 0) is 0 Å². The van der Waals surface area contributed by atoms with Crippen molar-refractivity contribution < 1.29 is 0 Å². The van der Waals surface area contributed by atoms with E-state index in [1.165, 1.54) is 5.56 Å². The molecule has 0 saturated heterocycles. The normalized spacial score (nSPS) is 10.0. The standard InChI is InChI=1S/C10H8N2/c1-3-9-7-12-5-4-8(2)6-10(12)11-9/h1,4-7H,2H3. The van der Waals surface area contributed by atoms with Gasteiger partial charge in [0, 0.05) is 12.4 Å². The Bertz CT molecular complexity index is 460. The van der Waals surface area contributed by atoms with Crippen LogP contribution in [0, 0.1) is 19.3 Å². The van der Waals surface area contributed by atoms with Crippen LogP contribution in [0.3, 0.4) is 0 Å². The van der Waals surface area contributed by atoms with Crippen LogP contribution in [0.2, 0.25) is 0 Å². The van der Waals surface area contributed by atoms with Gasteiger partial charge in [0.05, 0.1) is 0 Å². The van der Waals surface area contributed by atoms with E-state index >= 15 is 0 Å². The van der Waals surface area contributed by atoms with Gasteiger partial charge in [-0.15, -0.1) is 6.42 Å². The third-order valence-electron chi connectivity index (χ3n) is 1.76. The third-order valence-corrected chi connectivity index (χ3v) is 1.76. The number of rotatable bonds is 0. The Morgan fingerprint density at radius 3 is 3.17 bits per heavy atom. The molecule has 2 heterocycles. The lowest BCUT2D eigenvalue weighted by atomic mass is 10.3. The monoisotopic (exact) mass is 156 g/mol. The first-order valence-electron chi connectivity index (χ1n) is 3.71. The average molecular weight is 156 g/mol. The summed E-state index contributed by atoms with van der Waals surface area (Å²) in [7, 11) is 0. The fourth-order valence-electron chi connectivity index (χ4n) is 1.15. The van der Waals surface area contributed by atoms with E-state index in [1.54, 1.807) is 0 Å². The first kappa shape index (κ1) is 6.93. The van der Waals surface area contributed by atoms with Crippen molar-refractivity contribution in [3.8, 4) is 12.3 Å². The molecule has 2 aromatic heterocycles. The maximum absolute atomic E-state index is 5.23. The van der Waals surface area contributed by atoms with Crippen LogP contribution < -0.4 is 0 Å². The molecule has 2 aromatic rings. The molecule has 0 fully saturated rings. The van der Waals surface area contributed by atoms with Gasteiger partial charge in [-0.2, -0.15) is 0 Å². The van der Waals surface area contributed by atoms with Crippen molar-refractivity contribution in [1.29, 1.82) is 0 Å². The molecule has 0 bridgehead atoms. The van der Waals surface area contributed by atoms with E-state index in [1.807, 2.05) is 35.9 Å². The van der Waals surface area contributed by atoms with E-state index < -0.39 is 0 Å². The Kier molecular flexibility index (Phi) is 1.38. The highest BCUT2D eigenvalue weighted by molar-refractivity contribution is 5.45. The number of nitrogens with zero attached hydrogens (tertiary/aromatic N) is 2. The molecule has 58 valence electrons. The topological polar surface area (TPSA) is 17.3 Å². The molecule has 0 saturated carbocycles. The summed E-state index contributed by atoms with van der Waals surface area (Å²) in [6.45, 7) is 2.03. The fraction of sp³-hybridized carbons (Fsp3) is 0.100. The number of aryl methyl sites for hydroxylation is 1. The van der Waals surface area contributed by atoms with E-state index in [2.05, 4.69) is 10.9 Å². The van der Waals surface area contributed by atoms with Crippen LogP contribution in [0.5, 0.6) is 0 Å². The molecule has 0 atom stereocenters. The highest BCUT2D eigenvalue weighted by Crippen LogP contribution is 2.06. The summed E-state index contributed by atoms with van der Waals surface area (Å²) in [6, 6.07) is 4.02. The molecule has 0 aliphatic heterocycles. The van der Waals surface area contributed by atoms with E-state index in [9.17, 15) is 0 Å². The van der Waals surface area contributed by atoms with Gasteiger partial charge < -0.3 is 4.40 Å². The van der Waals surface area contributed by atoms with Gasteiger partial charge in [-0.1, -0.05) is 0 Å². The Morgan fingerprint density at radius 1 is 1.58 bits per heavy atom. The van der Waals surface area contributed by atoms with Crippen molar-refractivity contribution >= 4 is 5.65 Å². The highest BCUT2D eigenvalue weighted by Gasteiger charge is 1.97. The van der Waals surface area contributed by atoms with Crippen molar-refractivity contribution in [1.82, 2.24) is 9.38 Å². The van der Waals surface area contributed by atoms with Gasteiger partial charge in [-0.25, -0.2) is 4.98 Å². The van der Waals surface area contributed by atoms with Gasteiger partial charge in [0.1, 0.15) is 11.3 Å². The molecule has 0 N–H and O–H groups in total. The Hall–Kier alpha value is -1.75. The first-order valence-corrected chi connectivity index (χ1v) is 3.71. The van der Waals surface area contributed by atoms with Crippen LogP contribution in [0.4, 0.5) is 0 Å². The van der Waals surface area contributed by atoms with Gasteiger partial charge in [0.15, 0.2) is 0 Å². The quantitative estimate of drug-likeness (QED) is 0.530. The lowest BCUT2D eigenvalue weighted by molar-refractivity contribution is 1.17. The van der Waals surface area contributed by atoms with Crippen molar-refractivity contribution in [2.75, 3.05) is 0 Å². The average Bonchev–Trinajstić information content (AvgIpc) is 2.46. The van der Waals surface area contributed by atoms with Crippen molar-refractivity contribution in [3.63, 3.8) is 0 Å². The summed E-state index contributed by atoms with van der Waals surface area (Å²) in [5, 5.41) is 0. The predicted octanol–water partition coefficient (Wildman–Crippen LogP) is 1.62. The predicted molar refractivity (Wildman–Crippen MR) is 47.9 cm³/mol. The number of hydrogen-bond donors (Lipinski definition) is 0. The molecule has 2 rings (SSSR count). The molecule has 0 aliphatic carbocycles. The van der Waals surface area contributed by atoms with Gasteiger partial charge in [0.25, 0.3) is 0 Å². The number of imidazole rings is 1. The molecule has 12 heavy (non-hydrogen) atoms. The molecule has 0 unspecified atom stereocenters. The molecular weight excluding hydrogens is 148 g/mol. The van der Waals surface area contributed by atoms with E-state index in [0.29, 0.717) is 5.69 Å². The van der Waals surface area contributed by atoms with Gasteiger partial charge >= 0.3 is 0 Å². The van der Waals surface area contributed by atoms with Crippen LogP contribution in [-0.4, -0.2) is 9.38 Å². The fourth-order valence-corrected chi connectivity index (χ4v) is 1.15. The third kappa shape index (κ3) is 0.960. The second-order valence-electron chi connectivity index (χ2n) is 2.74. The number of fused-ring (bicyclic) bond motifs is 1. The second kappa shape index (κ2) is 2.38. The molecule has 0 aliphatic rings. The summed E-state index contributed by atoms with van der Waals surface area (Å²) in [5.74, 6) is 2.50. The minimum atomic E-state index is 0.681. The molecule has 0 spiro atoms. The SMILES string of the molecule is C#Cc1cn2ccc(C)cc2n1. The molecule has 0 radical (unpaired) electrons. The summed E-state index contributed by atoms with van der Waals surface area (Å²) in [6.07, 6.45) is 9.02. The zero-order valence-electron chi connectivity index (χ0n) is 6.78. The Morgan fingerprint density at radius 2 is 2.42 bits per heavy atom. The van der Waals surface area contributed by atoms with E-state index in [0.717, 1.165) is 5.65 Å². The molecular formula is C10H8N2. The van der Waals surface area contributed by atoms with Gasteiger partial charge in [-0.05, 0) is 30.5 Å². The first-order chi connectivity index (χ1) is 5.79. The van der Waals surface area contributed by atoms with Crippen molar-refractivity contribution in [2.24, 2.45) is 0 Å².